The van der Waals surface area contributed by atoms with Crippen LogP contribution in [0.25, 0.3) is 0 Å². The number of H-pyrrole nitrogens is 2. The second-order valence-corrected chi connectivity index (χ2v) is 2.66. The van der Waals surface area contributed by atoms with Crippen molar-refractivity contribution < 1.29 is 19.8 Å². The Morgan fingerprint density at radius 2 is 1.81 bits per heavy atom. The number of nitrogens with zero attached hydrogens (tertiary/aromatic N) is 1. The van der Waals surface area contributed by atoms with E-state index in [2.05, 4.69) is 15.0 Å². The summed E-state index contributed by atoms with van der Waals surface area (Å²) in [5.74, 6) is -1.91. The highest BCUT2D eigenvalue weighted by Crippen LogP contribution is 1.91. The van der Waals surface area contributed by atoms with E-state index in [1.807, 2.05) is 0 Å². The molecule has 2 heterocycles. The summed E-state index contributed by atoms with van der Waals surface area (Å²) in [6.45, 7) is 0. The van der Waals surface area contributed by atoms with Crippen LogP contribution in [0.15, 0.2) is 30.9 Å². The van der Waals surface area contributed by atoms with E-state index in [4.69, 9.17) is 10.2 Å². The van der Waals surface area contributed by atoms with E-state index in [1.165, 1.54) is 18.6 Å². The zero-order valence-corrected chi connectivity index (χ0v) is 8.04. The summed E-state index contributed by atoms with van der Waals surface area (Å²) < 4.78 is 0. The molecule has 0 atom stereocenters. The van der Waals surface area contributed by atoms with Gasteiger partial charge in [0.1, 0.15) is 11.4 Å². The zero-order chi connectivity index (χ0) is 12.0. The number of rotatable bonds is 2. The third-order valence-corrected chi connectivity index (χ3v) is 1.56. The summed E-state index contributed by atoms with van der Waals surface area (Å²) >= 11 is 0. The van der Waals surface area contributed by atoms with Crippen LogP contribution in [0.5, 0.6) is 0 Å². The lowest BCUT2D eigenvalue weighted by Crippen LogP contribution is -1.94. The summed E-state index contributed by atoms with van der Waals surface area (Å²) in [5, 5.41) is 16.4. The number of carboxylic acids is 2. The van der Waals surface area contributed by atoms with E-state index in [-0.39, 0.29) is 11.4 Å². The van der Waals surface area contributed by atoms with Gasteiger partial charge in [0.2, 0.25) is 0 Å². The molecule has 84 valence electrons. The molecule has 0 unspecified atom stereocenters. The normalized spacial score (nSPS) is 9.00. The van der Waals surface area contributed by atoms with Gasteiger partial charge in [-0.15, -0.1) is 0 Å². The van der Waals surface area contributed by atoms with Crippen molar-refractivity contribution in [2.75, 3.05) is 0 Å². The molecule has 0 amide bonds. The molecule has 2 rings (SSSR count). The fraction of sp³-hybridized carbons (Fsp3) is 0. The largest absolute Gasteiger partial charge is 0.477 e. The van der Waals surface area contributed by atoms with Gasteiger partial charge in [-0.3, -0.25) is 0 Å². The van der Waals surface area contributed by atoms with Crippen molar-refractivity contribution in [3.8, 4) is 0 Å². The highest BCUT2D eigenvalue weighted by molar-refractivity contribution is 5.85. The molecular formula is C9H9N3O4. The van der Waals surface area contributed by atoms with Crippen LogP contribution >= 0.6 is 0 Å². The number of aromatic nitrogens is 3. The molecule has 0 aromatic carbocycles. The smallest absolute Gasteiger partial charge is 0.353 e. The molecule has 0 saturated carbocycles. The number of aromatic amines is 2. The molecule has 0 aliphatic carbocycles. The van der Waals surface area contributed by atoms with Gasteiger partial charge < -0.3 is 20.2 Å². The molecule has 7 heteroatoms. The lowest BCUT2D eigenvalue weighted by Gasteiger charge is -1.80. The van der Waals surface area contributed by atoms with Crippen molar-refractivity contribution in [2.24, 2.45) is 0 Å². The standard InChI is InChI=1S/C5H5NO2.C4H4N2O2/c7-5(8)4-2-1-3-6-4;7-4(8)3-1-5-2-6-3/h1-3,6H,(H,7,8);1-2H,(H,5,6)(H,7,8). The third kappa shape index (κ3) is 3.29. The predicted molar refractivity (Wildman–Crippen MR) is 53.3 cm³/mol. The van der Waals surface area contributed by atoms with E-state index < -0.39 is 11.9 Å². The lowest BCUT2D eigenvalue weighted by atomic mass is 10.4. The highest BCUT2D eigenvalue weighted by atomic mass is 16.4. The van der Waals surface area contributed by atoms with Crippen molar-refractivity contribution in [1.82, 2.24) is 15.0 Å². The van der Waals surface area contributed by atoms with Gasteiger partial charge in [0, 0.05) is 6.20 Å². The molecule has 4 N–H and O–H groups in total. The van der Waals surface area contributed by atoms with Crippen molar-refractivity contribution in [2.45, 2.75) is 0 Å². The first kappa shape index (κ1) is 11.5. The van der Waals surface area contributed by atoms with Crippen LogP contribution in [0.3, 0.4) is 0 Å². The Morgan fingerprint density at radius 3 is 2.06 bits per heavy atom. The van der Waals surface area contributed by atoms with Gasteiger partial charge in [0.25, 0.3) is 0 Å². The van der Waals surface area contributed by atoms with Crippen LogP contribution in [0.1, 0.15) is 21.0 Å². The lowest BCUT2D eigenvalue weighted by molar-refractivity contribution is 0.0680. The van der Waals surface area contributed by atoms with E-state index >= 15 is 0 Å². The number of carboxylic acid groups (broad SMARTS) is 2. The number of nitrogens with one attached hydrogen (secondary N) is 2. The highest BCUT2D eigenvalue weighted by Gasteiger charge is 1.99. The average molecular weight is 223 g/mol. The topological polar surface area (TPSA) is 119 Å². The Labute approximate surface area is 89.8 Å². The molecule has 16 heavy (non-hydrogen) atoms. The number of hydrogen-bond acceptors (Lipinski definition) is 3. The monoisotopic (exact) mass is 223 g/mol. The second-order valence-electron chi connectivity index (χ2n) is 2.66. The Balaban J connectivity index is 0.000000160. The fourth-order valence-corrected chi connectivity index (χ4v) is 0.836. The molecular weight excluding hydrogens is 214 g/mol. The molecule has 7 nitrogen and oxygen atoms in total. The number of hydrogen-bond donors (Lipinski definition) is 4. The van der Waals surface area contributed by atoms with E-state index in [0.717, 1.165) is 0 Å². The molecule has 2 aromatic rings. The summed E-state index contributed by atoms with van der Waals surface area (Å²) in [4.78, 5) is 28.5. The number of imidazole rings is 1. The van der Waals surface area contributed by atoms with Gasteiger partial charge in [-0.25, -0.2) is 14.6 Å². The summed E-state index contributed by atoms with van der Waals surface area (Å²) in [5.41, 5.74) is 0.343. The first-order valence-corrected chi connectivity index (χ1v) is 4.19. The number of carbonyl (C=O) groups is 2. The predicted octanol–water partition coefficient (Wildman–Crippen LogP) is 0.821. The van der Waals surface area contributed by atoms with Crippen molar-refractivity contribution in [3.63, 3.8) is 0 Å². The van der Waals surface area contributed by atoms with Crippen LogP contribution in [-0.2, 0) is 0 Å². The molecule has 0 bridgehead atoms. The quantitative estimate of drug-likeness (QED) is 0.600. The van der Waals surface area contributed by atoms with Crippen LogP contribution in [-0.4, -0.2) is 37.1 Å². The molecule has 0 fully saturated rings. The number of aromatic carboxylic acids is 2. The van der Waals surface area contributed by atoms with Crippen molar-refractivity contribution in [3.05, 3.63) is 42.2 Å². The van der Waals surface area contributed by atoms with Gasteiger partial charge in [-0.1, -0.05) is 0 Å². The van der Waals surface area contributed by atoms with Crippen LogP contribution in [0.4, 0.5) is 0 Å². The summed E-state index contributed by atoms with van der Waals surface area (Å²) in [6, 6.07) is 3.14. The third-order valence-electron chi connectivity index (χ3n) is 1.56. The minimum Gasteiger partial charge on any atom is -0.477 e. The maximum Gasteiger partial charge on any atom is 0.353 e. The molecule has 0 radical (unpaired) electrons. The fourth-order valence-electron chi connectivity index (χ4n) is 0.836. The molecule has 0 aliphatic heterocycles. The minimum atomic E-state index is -0.984. The molecule has 0 saturated heterocycles. The zero-order valence-electron chi connectivity index (χ0n) is 8.04. The van der Waals surface area contributed by atoms with Gasteiger partial charge in [-0.2, -0.15) is 0 Å². The average Bonchev–Trinajstić information content (AvgIpc) is 2.93. The Kier molecular flexibility index (Phi) is 3.84. The minimum absolute atomic E-state index is 0.116. The van der Waals surface area contributed by atoms with E-state index in [0.29, 0.717) is 0 Å². The van der Waals surface area contributed by atoms with Crippen LogP contribution in [0.2, 0.25) is 0 Å². The summed E-state index contributed by atoms with van der Waals surface area (Å²) in [6.07, 6.45) is 4.15. The molecule has 0 spiro atoms. The molecule has 0 aliphatic rings. The van der Waals surface area contributed by atoms with E-state index in [9.17, 15) is 9.59 Å². The first-order chi connectivity index (χ1) is 7.61. The van der Waals surface area contributed by atoms with Crippen molar-refractivity contribution >= 4 is 11.9 Å². The van der Waals surface area contributed by atoms with Gasteiger partial charge in [0.15, 0.2) is 0 Å². The van der Waals surface area contributed by atoms with Gasteiger partial charge in [-0.05, 0) is 12.1 Å². The van der Waals surface area contributed by atoms with Gasteiger partial charge in [0.05, 0.1) is 12.5 Å². The molecule has 2 aromatic heterocycles. The van der Waals surface area contributed by atoms with Crippen LogP contribution in [0, 0.1) is 0 Å². The Morgan fingerprint density at radius 1 is 1.12 bits per heavy atom. The van der Waals surface area contributed by atoms with Crippen LogP contribution < -0.4 is 0 Å². The second kappa shape index (κ2) is 5.35. The van der Waals surface area contributed by atoms with Crippen molar-refractivity contribution in [1.29, 1.82) is 0 Å². The maximum atomic E-state index is 10.0. The first-order valence-electron chi connectivity index (χ1n) is 4.19. The van der Waals surface area contributed by atoms with Gasteiger partial charge >= 0.3 is 11.9 Å². The Bertz CT molecular complexity index is 403. The van der Waals surface area contributed by atoms with E-state index in [1.54, 1.807) is 12.3 Å². The SMILES string of the molecule is O=C(O)c1ccc[nH]1.O=C(O)c1cnc[nH]1. The summed E-state index contributed by atoms with van der Waals surface area (Å²) in [7, 11) is 0. The maximum absolute atomic E-state index is 10.0. The Hall–Kier alpha value is -2.57.